The third-order valence-electron chi connectivity index (χ3n) is 8.23. The second-order valence-corrected chi connectivity index (χ2v) is 10.5. The van der Waals surface area contributed by atoms with Gasteiger partial charge < -0.3 is 10.4 Å². The number of hydrogen-bond acceptors (Lipinski definition) is 4. The molecular formula is C31H29FN4O2. The molecule has 3 unspecified atom stereocenters. The summed E-state index contributed by atoms with van der Waals surface area (Å²) in [7, 11) is 0. The van der Waals surface area contributed by atoms with Gasteiger partial charge in [0.25, 0.3) is 5.91 Å². The Morgan fingerprint density at radius 3 is 2.66 bits per heavy atom. The van der Waals surface area contributed by atoms with Gasteiger partial charge in [-0.1, -0.05) is 42.8 Å². The number of fused-ring (bicyclic) bond motifs is 2. The van der Waals surface area contributed by atoms with Crippen LogP contribution in [-0.4, -0.2) is 25.8 Å². The molecule has 2 aliphatic carbocycles. The van der Waals surface area contributed by atoms with E-state index in [0.29, 0.717) is 5.92 Å². The highest BCUT2D eigenvalue weighted by molar-refractivity contribution is 5.92. The average Bonchev–Trinajstić information content (AvgIpc) is 3.47. The molecule has 6 nitrogen and oxygen atoms in total. The minimum absolute atomic E-state index is 0.0266. The van der Waals surface area contributed by atoms with Crippen molar-refractivity contribution in [3.8, 4) is 11.4 Å². The van der Waals surface area contributed by atoms with Crippen LogP contribution in [0, 0.1) is 17.2 Å². The van der Waals surface area contributed by atoms with Gasteiger partial charge in [-0.25, -0.2) is 14.1 Å². The number of pyridine rings is 1. The van der Waals surface area contributed by atoms with Crippen LogP contribution in [0.2, 0.25) is 0 Å². The summed E-state index contributed by atoms with van der Waals surface area (Å²) in [6, 6.07) is 19.3. The van der Waals surface area contributed by atoms with Crippen LogP contribution in [0.4, 0.5) is 4.39 Å². The van der Waals surface area contributed by atoms with Crippen LogP contribution in [-0.2, 0) is 6.42 Å². The first-order chi connectivity index (χ1) is 18.4. The number of aromatic nitrogens is 3. The van der Waals surface area contributed by atoms with E-state index in [2.05, 4.69) is 40.5 Å². The molecule has 1 amide bonds. The third-order valence-corrected chi connectivity index (χ3v) is 8.23. The number of nitrogens with one attached hydrogen (secondary N) is 1. The van der Waals surface area contributed by atoms with Gasteiger partial charge in [0.15, 0.2) is 0 Å². The zero-order chi connectivity index (χ0) is 26.3. The molecule has 38 heavy (non-hydrogen) atoms. The number of amides is 1. The molecule has 4 aromatic rings. The molecule has 0 saturated heterocycles. The first kappa shape index (κ1) is 24.1. The Kier molecular flexibility index (Phi) is 6.06. The number of hydrogen-bond donors (Lipinski definition) is 2. The van der Waals surface area contributed by atoms with Gasteiger partial charge >= 0.3 is 0 Å². The quantitative estimate of drug-likeness (QED) is 0.333. The highest BCUT2D eigenvalue weighted by atomic mass is 19.1. The van der Waals surface area contributed by atoms with Crippen molar-refractivity contribution in [3.63, 3.8) is 0 Å². The normalized spacial score (nSPS) is 20.8. The first-order valence-corrected chi connectivity index (χ1v) is 13.0. The van der Waals surface area contributed by atoms with E-state index in [1.807, 2.05) is 29.1 Å². The number of nitrogens with zero attached hydrogens (tertiary/aromatic N) is 3. The van der Waals surface area contributed by atoms with E-state index < -0.39 is 0 Å². The number of benzene rings is 2. The van der Waals surface area contributed by atoms with E-state index in [4.69, 9.17) is 0 Å². The molecule has 2 heterocycles. The van der Waals surface area contributed by atoms with Crippen LogP contribution in [0.25, 0.3) is 11.8 Å². The zero-order valence-corrected chi connectivity index (χ0v) is 21.1. The fourth-order valence-electron chi connectivity index (χ4n) is 6.10. The van der Waals surface area contributed by atoms with E-state index in [9.17, 15) is 14.3 Å². The van der Waals surface area contributed by atoms with Crippen molar-refractivity contribution in [2.75, 3.05) is 0 Å². The number of allylic oxidation sites excluding steroid dienone is 1. The summed E-state index contributed by atoms with van der Waals surface area (Å²) < 4.78 is 15.4. The van der Waals surface area contributed by atoms with Crippen LogP contribution in [0.1, 0.15) is 59.5 Å². The molecule has 0 spiro atoms. The van der Waals surface area contributed by atoms with Gasteiger partial charge in [0.05, 0.1) is 29.8 Å². The van der Waals surface area contributed by atoms with Crippen molar-refractivity contribution >= 4 is 12.0 Å². The Morgan fingerprint density at radius 1 is 1.13 bits per heavy atom. The molecule has 0 radical (unpaired) electrons. The first-order valence-electron chi connectivity index (χ1n) is 13.0. The number of rotatable bonds is 6. The van der Waals surface area contributed by atoms with Gasteiger partial charge in [0.1, 0.15) is 17.3 Å². The summed E-state index contributed by atoms with van der Waals surface area (Å²) in [5.74, 6) is -0.141. The van der Waals surface area contributed by atoms with Gasteiger partial charge in [-0.05, 0) is 90.6 Å². The van der Waals surface area contributed by atoms with Gasteiger partial charge in [0, 0.05) is 0 Å². The Bertz CT molecular complexity index is 1500. The largest absolute Gasteiger partial charge is 0.506 e. The molecule has 3 atom stereocenters. The summed E-state index contributed by atoms with van der Waals surface area (Å²) >= 11 is 0. The molecular weight excluding hydrogens is 479 g/mol. The average molecular weight is 509 g/mol. The van der Waals surface area contributed by atoms with Crippen molar-refractivity contribution in [2.24, 2.45) is 11.3 Å². The molecule has 1 saturated carbocycles. The number of halogens is 1. The summed E-state index contributed by atoms with van der Waals surface area (Å²) in [5.41, 5.74) is 5.78. The predicted molar refractivity (Wildman–Crippen MR) is 143 cm³/mol. The number of carbonyl (C=O) groups excluding carboxylic acids is 1. The van der Waals surface area contributed by atoms with E-state index in [-0.39, 0.29) is 34.6 Å². The summed E-state index contributed by atoms with van der Waals surface area (Å²) in [6.45, 7) is 2.33. The lowest BCUT2D eigenvalue weighted by atomic mass is 9.68. The van der Waals surface area contributed by atoms with Gasteiger partial charge in [-0.15, -0.1) is 0 Å². The lowest BCUT2D eigenvalue weighted by Crippen LogP contribution is -2.35. The second kappa shape index (κ2) is 9.56. The van der Waals surface area contributed by atoms with Crippen molar-refractivity contribution < 1.29 is 14.3 Å². The van der Waals surface area contributed by atoms with Crippen molar-refractivity contribution in [3.05, 3.63) is 113 Å². The predicted octanol–water partition coefficient (Wildman–Crippen LogP) is 6.03. The summed E-state index contributed by atoms with van der Waals surface area (Å²) in [4.78, 5) is 17.2. The van der Waals surface area contributed by atoms with Crippen LogP contribution < -0.4 is 5.32 Å². The number of aromatic hydroxyl groups is 1. The molecule has 2 aromatic heterocycles. The molecule has 2 N–H and O–H groups in total. The standard InChI is InChI=1S/C31H29FN4O2/c1-31-17-21-18-34-36(25-11-9-24(32)10-12-25)29(21)16-23(31)8-7-22(31)15-28(20-5-3-2-4-6-20)35-30(38)27-14-13-26(37)19-33-27/h2-6,9-14,16,18-19,22,28,37H,7-8,15,17H2,1H3,(H,35,38). The van der Waals surface area contributed by atoms with Crippen molar-refractivity contribution in [2.45, 2.75) is 38.6 Å². The summed E-state index contributed by atoms with van der Waals surface area (Å²) in [6.07, 6.45) is 9.17. The monoisotopic (exact) mass is 508 g/mol. The highest BCUT2D eigenvalue weighted by Crippen LogP contribution is 2.55. The van der Waals surface area contributed by atoms with Crippen LogP contribution in [0.3, 0.4) is 0 Å². The van der Waals surface area contributed by atoms with E-state index in [1.165, 1.54) is 41.6 Å². The molecule has 0 bridgehead atoms. The van der Waals surface area contributed by atoms with E-state index in [1.54, 1.807) is 12.1 Å². The molecule has 6 rings (SSSR count). The highest BCUT2D eigenvalue weighted by Gasteiger charge is 2.46. The SMILES string of the molecule is CC12Cc3cnn(-c4ccc(F)cc4)c3C=C1CCC2CC(NC(=O)c1ccc(O)cn1)c1ccccc1. The second-order valence-electron chi connectivity index (χ2n) is 10.5. The van der Waals surface area contributed by atoms with Crippen LogP contribution >= 0.6 is 0 Å². The third kappa shape index (κ3) is 4.38. The number of carbonyl (C=O) groups is 1. The molecule has 1 fully saturated rings. The lowest BCUT2D eigenvalue weighted by Gasteiger charge is -2.37. The van der Waals surface area contributed by atoms with Crippen molar-refractivity contribution in [1.82, 2.24) is 20.1 Å². The zero-order valence-electron chi connectivity index (χ0n) is 21.1. The maximum Gasteiger partial charge on any atom is 0.270 e. The van der Waals surface area contributed by atoms with E-state index in [0.717, 1.165) is 42.6 Å². The fraction of sp³-hybridized carbons (Fsp3) is 0.258. The minimum atomic E-state index is -0.263. The molecule has 2 aliphatic rings. The Labute approximate surface area is 220 Å². The smallest absolute Gasteiger partial charge is 0.270 e. The maximum absolute atomic E-state index is 13.5. The Balaban J connectivity index is 1.27. The fourth-order valence-corrected chi connectivity index (χ4v) is 6.10. The van der Waals surface area contributed by atoms with Gasteiger partial charge in [-0.2, -0.15) is 5.10 Å². The van der Waals surface area contributed by atoms with Gasteiger partial charge in [-0.3, -0.25) is 4.79 Å². The Morgan fingerprint density at radius 2 is 1.92 bits per heavy atom. The van der Waals surface area contributed by atoms with Crippen LogP contribution in [0.5, 0.6) is 5.75 Å². The summed E-state index contributed by atoms with van der Waals surface area (Å²) in [5, 5.41) is 17.4. The Hall–Kier alpha value is -4.26. The van der Waals surface area contributed by atoms with Crippen molar-refractivity contribution in [1.29, 1.82) is 0 Å². The van der Waals surface area contributed by atoms with Gasteiger partial charge in [0.2, 0.25) is 0 Å². The van der Waals surface area contributed by atoms with Crippen LogP contribution in [0.15, 0.2) is 84.7 Å². The molecule has 192 valence electrons. The lowest BCUT2D eigenvalue weighted by molar-refractivity contribution is 0.0918. The van der Waals surface area contributed by atoms with E-state index >= 15 is 0 Å². The molecule has 0 aliphatic heterocycles. The topological polar surface area (TPSA) is 80.0 Å². The molecule has 2 aromatic carbocycles. The maximum atomic E-state index is 13.5. The molecule has 7 heteroatoms. The minimum Gasteiger partial charge on any atom is -0.506 e.